The van der Waals surface area contributed by atoms with Gasteiger partial charge in [0.2, 0.25) is 0 Å². The molecule has 14 heavy (non-hydrogen) atoms. The van der Waals surface area contributed by atoms with Crippen molar-refractivity contribution in [2.24, 2.45) is 5.92 Å². The third-order valence-electron chi connectivity index (χ3n) is 3.22. The van der Waals surface area contributed by atoms with E-state index in [1.165, 1.54) is 19.4 Å². The van der Waals surface area contributed by atoms with Crippen LogP contribution in [-0.2, 0) is 4.74 Å². The van der Waals surface area contributed by atoms with Crippen LogP contribution in [0.3, 0.4) is 0 Å². The fourth-order valence-corrected chi connectivity index (χ4v) is 2.96. The number of nitrogens with zero attached hydrogens (tertiary/aromatic N) is 1. The zero-order valence-corrected chi connectivity index (χ0v) is 11.1. The quantitative estimate of drug-likeness (QED) is 0.683. The second-order valence-electron chi connectivity index (χ2n) is 4.50. The Morgan fingerprint density at radius 3 is 2.64 bits per heavy atom. The van der Waals surface area contributed by atoms with Gasteiger partial charge in [-0.15, -0.1) is 0 Å². The molecule has 84 valence electrons. The van der Waals surface area contributed by atoms with Gasteiger partial charge in [-0.3, -0.25) is 0 Å². The van der Waals surface area contributed by atoms with Crippen molar-refractivity contribution in [3.05, 3.63) is 0 Å². The fraction of sp³-hybridized carbons (Fsp3) is 1.00. The van der Waals surface area contributed by atoms with E-state index in [4.69, 9.17) is 4.74 Å². The maximum absolute atomic E-state index is 5.09. The van der Waals surface area contributed by atoms with E-state index in [1.54, 1.807) is 7.11 Å². The summed E-state index contributed by atoms with van der Waals surface area (Å²) in [6, 6.07) is 0.643. The van der Waals surface area contributed by atoms with Gasteiger partial charge in [-0.25, -0.2) is 0 Å². The first kappa shape index (κ1) is 12.5. The van der Waals surface area contributed by atoms with E-state index in [9.17, 15) is 0 Å². The number of ether oxygens (including phenoxy) is 1. The van der Waals surface area contributed by atoms with E-state index in [0.29, 0.717) is 6.04 Å². The normalized spacial score (nSPS) is 28.9. The van der Waals surface area contributed by atoms with Crippen molar-refractivity contribution in [1.82, 2.24) is 4.90 Å². The SMILES string of the molecule is COCCC(C)N(C)CC1CC(Br)C1. The van der Waals surface area contributed by atoms with Crippen LogP contribution in [0.25, 0.3) is 0 Å². The van der Waals surface area contributed by atoms with Gasteiger partial charge in [-0.1, -0.05) is 15.9 Å². The van der Waals surface area contributed by atoms with Gasteiger partial charge in [0, 0.05) is 31.1 Å². The molecular weight excluding hydrogens is 242 g/mol. The maximum atomic E-state index is 5.09. The van der Waals surface area contributed by atoms with Gasteiger partial charge in [0.05, 0.1) is 0 Å². The summed E-state index contributed by atoms with van der Waals surface area (Å²) in [5.41, 5.74) is 0. The summed E-state index contributed by atoms with van der Waals surface area (Å²) in [7, 11) is 4.00. The van der Waals surface area contributed by atoms with Crippen molar-refractivity contribution in [2.45, 2.75) is 37.1 Å². The van der Waals surface area contributed by atoms with Crippen LogP contribution in [0.4, 0.5) is 0 Å². The average molecular weight is 264 g/mol. The molecule has 0 amide bonds. The third-order valence-corrected chi connectivity index (χ3v) is 3.96. The maximum Gasteiger partial charge on any atom is 0.0477 e. The van der Waals surface area contributed by atoms with Gasteiger partial charge in [-0.05, 0) is 39.2 Å². The van der Waals surface area contributed by atoms with Crippen LogP contribution in [0.5, 0.6) is 0 Å². The Labute approximate surface area is 96.1 Å². The van der Waals surface area contributed by atoms with E-state index in [1.807, 2.05) is 0 Å². The Hall–Kier alpha value is 0.400. The molecule has 0 radical (unpaired) electrons. The molecule has 1 atom stereocenters. The van der Waals surface area contributed by atoms with Gasteiger partial charge in [0.1, 0.15) is 0 Å². The number of alkyl halides is 1. The highest BCUT2D eigenvalue weighted by atomic mass is 79.9. The smallest absolute Gasteiger partial charge is 0.0477 e. The summed E-state index contributed by atoms with van der Waals surface area (Å²) in [5, 5.41) is 0. The molecule has 0 aromatic rings. The lowest BCUT2D eigenvalue weighted by Crippen LogP contribution is -2.39. The van der Waals surface area contributed by atoms with Crippen LogP contribution in [0, 0.1) is 5.92 Å². The monoisotopic (exact) mass is 263 g/mol. The standard InChI is InChI=1S/C11H22BrNO/c1-9(4-5-14-3)13(2)8-10-6-11(12)7-10/h9-11H,4-8H2,1-3H3. The van der Waals surface area contributed by atoms with Crippen LogP contribution in [0.15, 0.2) is 0 Å². The van der Waals surface area contributed by atoms with Gasteiger partial charge >= 0.3 is 0 Å². The Balaban J connectivity index is 2.10. The molecule has 0 aromatic heterocycles. The molecule has 0 aromatic carbocycles. The molecular formula is C11H22BrNO. The summed E-state index contributed by atoms with van der Waals surface area (Å²) in [6.45, 7) is 4.40. The Morgan fingerprint density at radius 2 is 2.14 bits per heavy atom. The van der Waals surface area contributed by atoms with Crippen molar-refractivity contribution in [3.8, 4) is 0 Å². The zero-order valence-electron chi connectivity index (χ0n) is 9.50. The lowest BCUT2D eigenvalue weighted by Gasteiger charge is -2.36. The number of hydrogen-bond acceptors (Lipinski definition) is 2. The number of halogens is 1. The molecule has 0 saturated heterocycles. The van der Waals surface area contributed by atoms with Crippen molar-refractivity contribution >= 4 is 15.9 Å². The van der Waals surface area contributed by atoms with Crippen LogP contribution in [0.2, 0.25) is 0 Å². The first-order valence-corrected chi connectivity index (χ1v) is 6.38. The van der Waals surface area contributed by atoms with E-state index >= 15 is 0 Å². The van der Waals surface area contributed by atoms with E-state index in [0.717, 1.165) is 23.8 Å². The Bertz CT molecular complexity index is 159. The van der Waals surface area contributed by atoms with E-state index in [-0.39, 0.29) is 0 Å². The summed E-state index contributed by atoms with van der Waals surface area (Å²) >= 11 is 3.63. The Kier molecular flexibility index (Phi) is 5.42. The molecule has 0 heterocycles. The molecule has 0 aliphatic heterocycles. The predicted octanol–water partition coefficient (Wildman–Crippen LogP) is 2.52. The topological polar surface area (TPSA) is 12.5 Å². The molecule has 0 spiro atoms. The van der Waals surface area contributed by atoms with Crippen LogP contribution in [0.1, 0.15) is 26.2 Å². The van der Waals surface area contributed by atoms with Gasteiger partial charge in [-0.2, -0.15) is 0 Å². The summed E-state index contributed by atoms with van der Waals surface area (Å²) in [4.78, 5) is 3.25. The molecule has 1 unspecified atom stereocenters. The summed E-state index contributed by atoms with van der Waals surface area (Å²) < 4.78 is 5.09. The number of hydrogen-bond donors (Lipinski definition) is 0. The van der Waals surface area contributed by atoms with Gasteiger partial charge < -0.3 is 9.64 Å². The van der Waals surface area contributed by atoms with Crippen molar-refractivity contribution in [1.29, 1.82) is 0 Å². The predicted molar refractivity (Wildman–Crippen MR) is 64.0 cm³/mol. The molecule has 0 bridgehead atoms. The summed E-state index contributed by atoms with van der Waals surface area (Å²) in [5.74, 6) is 0.911. The highest BCUT2D eigenvalue weighted by molar-refractivity contribution is 9.09. The molecule has 1 fully saturated rings. The molecule has 3 heteroatoms. The molecule has 0 N–H and O–H groups in total. The van der Waals surface area contributed by atoms with Crippen LogP contribution < -0.4 is 0 Å². The number of rotatable bonds is 6. The van der Waals surface area contributed by atoms with Gasteiger partial charge in [0.25, 0.3) is 0 Å². The highest BCUT2D eigenvalue weighted by Crippen LogP contribution is 2.33. The minimum Gasteiger partial charge on any atom is -0.385 e. The second-order valence-corrected chi connectivity index (χ2v) is 5.80. The molecule has 1 aliphatic carbocycles. The van der Waals surface area contributed by atoms with Crippen molar-refractivity contribution in [3.63, 3.8) is 0 Å². The molecule has 1 saturated carbocycles. The Morgan fingerprint density at radius 1 is 1.50 bits per heavy atom. The number of methoxy groups -OCH3 is 1. The second kappa shape index (κ2) is 6.09. The van der Waals surface area contributed by atoms with E-state index < -0.39 is 0 Å². The molecule has 1 rings (SSSR count). The molecule has 2 nitrogen and oxygen atoms in total. The zero-order chi connectivity index (χ0) is 10.6. The van der Waals surface area contributed by atoms with Crippen molar-refractivity contribution in [2.75, 3.05) is 27.3 Å². The van der Waals surface area contributed by atoms with Crippen LogP contribution in [-0.4, -0.2) is 43.1 Å². The fourth-order valence-electron chi connectivity index (χ4n) is 1.90. The highest BCUT2D eigenvalue weighted by Gasteiger charge is 2.28. The molecule has 1 aliphatic rings. The van der Waals surface area contributed by atoms with Gasteiger partial charge in [0.15, 0.2) is 0 Å². The lowest BCUT2D eigenvalue weighted by atomic mass is 9.84. The average Bonchev–Trinajstić information content (AvgIpc) is 2.11. The largest absolute Gasteiger partial charge is 0.385 e. The van der Waals surface area contributed by atoms with E-state index in [2.05, 4.69) is 34.8 Å². The summed E-state index contributed by atoms with van der Waals surface area (Å²) in [6.07, 6.45) is 3.83. The minimum absolute atomic E-state index is 0.643. The first-order chi connectivity index (χ1) is 6.63. The van der Waals surface area contributed by atoms with Crippen LogP contribution >= 0.6 is 15.9 Å². The van der Waals surface area contributed by atoms with Crippen molar-refractivity contribution < 1.29 is 4.74 Å². The minimum atomic E-state index is 0.643. The third kappa shape index (κ3) is 3.87. The lowest BCUT2D eigenvalue weighted by molar-refractivity contribution is 0.130. The first-order valence-electron chi connectivity index (χ1n) is 5.46.